The van der Waals surface area contributed by atoms with E-state index < -0.39 is 23.0 Å². The molecule has 0 aliphatic carbocycles. The Kier molecular flexibility index (Phi) is 4.10. The molecule has 11 heteroatoms. The molecule has 5 heterocycles. The van der Waals surface area contributed by atoms with Crippen LogP contribution in [0.2, 0.25) is 0 Å². The Hall–Kier alpha value is -4.28. The fourth-order valence-corrected chi connectivity index (χ4v) is 4.59. The van der Waals surface area contributed by atoms with E-state index in [-0.39, 0.29) is 41.5 Å². The van der Waals surface area contributed by atoms with E-state index in [9.17, 15) is 18.4 Å². The average Bonchev–Trinajstić information content (AvgIpc) is 3.28. The van der Waals surface area contributed by atoms with Crippen LogP contribution in [-0.4, -0.2) is 36.5 Å². The number of nitrogens with zero attached hydrogens (tertiary/aromatic N) is 5. The molecular formula is C23H17F2N7O2. The van der Waals surface area contributed by atoms with Crippen molar-refractivity contribution < 1.29 is 18.4 Å². The highest BCUT2D eigenvalue weighted by Gasteiger charge is 2.55. The van der Waals surface area contributed by atoms with Crippen molar-refractivity contribution in [3.8, 4) is 11.5 Å². The van der Waals surface area contributed by atoms with Crippen LogP contribution in [0.25, 0.3) is 22.6 Å². The number of halogens is 2. The Morgan fingerprint density at radius 1 is 1.12 bits per heavy atom. The van der Waals surface area contributed by atoms with Gasteiger partial charge in [0.25, 0.3) is 0 Å². The van der Waals surface area contributed by atoms with E-state index in [0.29, 0.717) is 22.2 Å². The van der Waals surface area contributed by atoms with Crippen LogP contribution in [0.5, 0.6) is 0 Å². The molecule has 0 fully saturated rings. The van der Waals surface area contributed by atoms with Gasteiger partial charge in [-0.1, -0.05) is 25.1 Å². The van der Waals surface area contributed by atoms with Crippen LogP contribution in [0.15, 0.2) is 36.5 Å². The summed E-state index contributed by atoms with van der Waals surface area (Å²) in [6, 6.07) is 7.49. The van der Waals surface area contributed by atoms with Crippen molar-refractivity contribution in [1.29, 1.82) is 0 Å². The van der Waals surface area contributed by atoms with Crippen molar-refractivity contribution in [3.63, 3.8) is 0 Å². The molecule has 0 bridgehead atoms. The van der Waals surface area contributed by atoms with Gasteiger partial charge in [0.2, 0.25) is 11.8 Å². The summed E-state index contributed by atoms with van der Waals surface area (Å²) in [6.45, 7) is 3.40. The number of aromatic nitrogens is 5. The first-order chi connectivity index (χ1) is 16.3. The summed E-state index contributed by atoms with van der Waals surface area (Å²) in [5.74, 6) is -1.78. The number of hydrogen-bond donors (Lipinski definition) is 2. The van der Waals surface area contributed by atoms with Gasteiger partial charge in [-0.05, 0) is 19.1 Å². The molecule has 3 aromatic heterocycles. The first-order valence-electron chi connectivity index (χ1n) is 10.6. The lowest BCUT2D eigenvalue weighted by molar-refractivity contribution is -0.129. The topological polar surface area (TPSA) is 115 Å². The molecule has 0 saturated carbocycles. The molecule has 2 aliphatic rings. The van der Waals surface area contributed by atoms with Gasteiger partial charge in [0.05, 0.1) is 35.0 Å². The summed E-state index contributed by atoms with van der Waals surface area (Å²) >= 11 is 0. The first kappa shape index (κ1) is 20.3. The van der Waals surface area contributed by atoms with E-state index in [4.69, 9.17) is 0 Å². The molecule has 2 atom stereocenters. The van der Waals surface area contributed by atoms with Crippen LogP contribution < -0.4 is 10.6 Å². The second-order valence-corrected chi connectivity index (χ2v) is 8.61. The number of hydrogen-bond acceptors (Lipinski definition) is 6. The maximum atomic E-state index is 14.3. The number of anilines is 2. The lowest BCUT2D eigenvalue weighted by Gasteiger charge is -2.33. The smallest absolute Gasteiger partial charge is 0.237 e. The molecule has 4 aromatic rings. The van der Waals surface area contributed by atoms with Crippen molar-refractivity contribution in [2.75, 3.05) is 10.6 Å². The number of rotatable bonds is 3. The summed E-state index contributed by atoms with van der Waals surface area (Å²) in [6.07, 6.45) is 1.05. The van der Waals surface area contributed by atoms with E-state index in [2.05, 4.69) is 30.7 Å². The zero-order valence-corrected chi connectivity index (χ0v) is 18.1. The minimum atomic E-state index is -1.11. The van der Waals surface area contributed by atoms with Crippen LogP contribution in [0.3, 0.4) is 0 Å². The van der Waals surface area contributed by atoms with Crippen molar-refractivity contribution in [3.05, 3.63) is 59.3 Å². The predicted molar refractivity (Wildman–Crippen MR) is 118 cm³/mol. The maximum Gasteiger partial charge on any atom is 0.237 e. The molecule has 34 heavy (non-hydrogen) atoms. The molecule has 0 radical (unpaired) electrons. The number of benzene rings is 1. The van der Waals surface area contributed by atoms with Crippen molar-refractivity contribution in [2.24, 2.45) is 5.92 Å². The zero-order chi connectivity index (χ0) is 23.8. The van der Waals surface area contributed by atoms with Gasteiger partial charge in [-0.15, -0.1) is 0 Å². The molecule has 2 aliphatic heterocycles. The Bertz CT molecular complexity index is 1550. The van der Waals surface area contributed by atoms with Crippen molar-refractivity contribution in [2.45, 2.75) is 25.8 Å². The normalized spacial score (nSPS) is 20.9. The largest absolute Gasteiger partial charge is 0.310 e. The summed E-state index contributed by atoms with van der Waals surface area (Å²) in [5.41, 5.74) is 0.273. The summed E-state index contributed by atoms with van der Waals surface area (Å²) < 4.78 is 29.9. The summed E-state index contributed by atoms with van der Waals surface area (Å²) in [5, 5.41) is 10.3. The van der Waals surface area contributed by atoms with E-state index in [1.807, 2.05) is 0 Å². The van der Waals surface area contributed by atoms with Crippen LogP contribution in [0.1, 0.15) is 25.0 Å². The lowest BCUT2D eigenvalue weighted by Crippen LogP contribution is -2.47. The molecular weight excluding hydrogens is 444 g/mol. The molecule has 0 spiro atoms. The fraction of sp³-hybridized carbons (Fsp3) is 0.217. The number of fused-ring (bicyclic) bond motifs is 1. The van der Waals surface area contributed by atoms with Crippen LogP contribution in [-0.2, 0) is 21.5 Å². The number of pyridine rings is 1. The van der Waals surface area contributed by atoms with E-state index in [1.165, 1.54) is 16.8 Å². The van der Waals surface area contributed by atoms with Gasteiger partial charge >= 0.3 is 0 Å². The van der Waals surface area contributed by atoms with Crippen LogP contribution in [0.4, 0.5) is 20.4 Å². The lowest BCUT2D eigenvalue weighted by atomic mass is 9.71. The van der Waals surface area contributed by atoms with Crippen molar-refractivity contribution in [1.82, 2.24) is 24.7 Å². The quantitative estimate of drug-likeness (QED) is 0.485. The number of carbonyl (C=O) groups excluding carboxylic acids is 2. The van der Waals surface area contributed by atoms with Crippen molar-refractivity contribution >= 4 is 34.5 Å². The van der Waals surface area contributed by atoms with Gasteiger partial charge in [0.1, 0.15) is 29.0 Å². The molecule has 170 valence electrons. The fourth-order valence-electron chi connectivity index (χ4n) is 4.59. The predicted octanol–water partition coefficient (Wildman–Crippen LogP) is 3.01. The first-order valence-corrected chi connectivity index (χ1v) is 10.6. The molecule has 0 saturated heterocycles. The molecule has 1 aromatic carbocycles. The van der Waals surface area contributed by atoms with Crippen LogP contribution in [0, 0.1) is 17.6 Å². The van der Waals surface area contributed by atoms with E-state index in [0.717, 1.165) is 6.20 Å². The second kappa shape index (κ2) is 6.86. The third-order valence-electron chi connectivity index (χ3n) is 6.68. The number of carbonyl (C=O) groups is 2. The SMILES string of the molecule is C[C@H]1C(=O)Nc2nc(-c3nn(Cc4ccccc4F)c4ncc(F)cc34)nc3c2[C@]1(C)C(=O)N3. The molecule has 6 rings (SSSR count). The third kappa shape index (κ3) is 2.69. The molecule has 2 N–H and O–H groups in total. The van der Waals surface area contributed by atoms with Gasteiger partial charge in [-0.2, -0.15) is 5.10 Å². The standard InChI is InChI=1S/C23H17F2N7O2/c1-10-21(33)29-17-15-18(30-22(34)23(10,15)2)28-19(27-17)16-13-7-12(24)8-26-20(13)32(31-16)9-11-5-3-4-6-14(11)25/h3-8,10H,9H2,1-2H3,(H2,27,28,29,30,33,34)/t10-,23+/m0/s1. The van der Waals surface area contributed by atoms with Gasteiger partial charge in [-0.3, -0.25) is 9.59 Å². The Morgan fingerprint density at radius 3 is 2.62 bits per heavy atom. The number of amides is 2. The maximum absolute atomic E-state index is 14.3. The molecule has 2 amide bonds. The van der Waals surface area contributed by atoms with Gasteiger partial charge < -0.3 is 10.6 Å². The Labute approximate surface area is 191 Å². The highest BCUT2D eigenvalue weighted by molar-refractivity contribution is 6.14. The average molecular weight is 461 g/mol. The highest BCUT2D eigenvalue weighted by atomic mass is 19.1. The minimum absolute atomic E-state index is 0.0443. The van der Waals surface area contributed by atoms with Crippen LogP contribution >= 0.6 is 0 Å². The summed E-state index contributed by atoms with van der Waals surface area (Å²) in [7, 11) is 0. The third-order valence-corrected chi connectivity index (χ3v) is 6.68. The minimum Gasteiger partial charge on any atom is -0.310 e. The zero-order valence-electron chi connectivity index (χ0n) is 18.1. The van der Waals surface area contributed by atoms with E-state index in [1.54, 1.807) is 32.0 Å². The van der Waals surface area contributed by atoms with Gasteiger partial charge in [0, 0.05) is 5.56 Å². The highest BCUT2D eigenvalue weighted by Crippen LogP contribution is 2.49. The Morgan fingerprint density at radius 2 is 1.85 bits per heavy atom. The molecule has 9 nitrogen and oxygen atoms in total. The van der Waals surface area contributed by atoms with E-state index >= 15 is 0 Å². The summed E-state index contributed by atoms with van der Waals surface area (Å²) in [4.78, 5) is 38.5. The monoisotopic (exact) mass is 461 g/mol. The molecule has 0 unspecified atom stereocenters. The van der Waals surface area contributed by atoms with Gasteiger partial charge in [-0.25, -0.2) is 28.4 Å². The second-order valence-electron chi connectivity index (χ2n) is 8.61. The number of nitrogens with one attached hydrogen (secondary N) is 2. The van der Waals surface area contributed by atoms with Gasteiger partial charge in [0.15, 0.2) is 11.5 Å². The Balaban J connectivity index is 1.55.